The van der Waals surface area contributed by atoms with E-state index in [1.807, 2.05) is 24.3 Å². The molecule has 0 heterocycles. The van der Waals surface area contributed by atoms with E-state index in [0.29, 0.717) is 19.6 Å². The molecule has 0 bridgehead atoms. The molecule has 5 heteroatoms. The molecule has 104 valence electrons. The first-order chi connectivity index (χ1) is 9.04. The van der Waals surface area contributed by atoms with Crippen LogP contribution in [0.15, 0.2) is 41.4 Å². The zero-order valence-electron chi connectivity index (χ0n) is 11.0. The lowest BCUT2D eigenvalue weighted by Gasteiger charge is -2.20. The van der Waals surface area contributed by atoms with Crippen LogP contribution in [0.2, 0.25) is 0 Å². The van der Waals surface area contributed by atoms with Crippen molar-refractivity contribution in [1.82, 2.24) is 4.90 Å². The fraction of sp³-hybridized carbons (Fsp3) is 0.357. The number of nitrogens with zero attached hydrogens (tertiary/aromatic N) is 1. The molecule has 0 spiro atoms. The summed E-state index contributed by atoms with van der Waals surface area (Å²) in [6.45, 7) is 4.51. The number of benzene rings is 1. The second-order valence-corrected chi connectivity index (χ2v) is 5.11. The first kappa shape index (κ1) is 15.7. The van der Waals surface area contributed by atoms with E-state index in [9.17, 15) is 4.79 Å². The third-order valence-electron chi connectivity index (χ3n) is 2.62. The molecule has 0 saturated heterocycles. The SMILES string of the molecule is C=CCC(N)C(=O)N(C)CCOc1ccc(Br)cc1. The summed E-state index contributed by atoms with van der Waals surface area (Å²) in [7, 11) is 1.72. The van der Waals surface area contributed by atoms with Crippen LogP contribution in [0.5, 0.6) is 5.75 Å². The highest BCUT2D eigenvalue weighted by molar-refractivity contribution is 9.10. The van der Waals surface area contributed by atoms with E-state index < -0.39 is 6.04 Å². The minimum absolute atomic E-state index is 0.0979. The van der Waals surface area contributed by atoms with Crippen molar-refractivity contribution in [3.8, 4) is 5.75 Å². The number of carbonyl (C=O) groups excluding carboxylic acids is 1. The molecule has 1 rings (SSSR count). The van der Waals surface area contributed by atoms with Crippen LogP contribution in [-0.2, 0) is 4.79 Å². The summed E-state index contributed by atoms with van der Waals surface area (Å²) < 4.78 is 6.55. The Morgan fingerprint density at radius 1 is 1.53 bits per heavy atom. The van der Waals surface area contributed by atoms with Crippen LogP contribution in [0.4, 0.5) is 0 Å². The largest absolute Gasteiger partial charge is 0.492 e. The summed E-state index contributed by atoms with van der Waals surface area (Å²) in [6, 6.07) is 7.04. The lowest BCUT2D eigenvalue weighted by molar-refractivity contribution is -0.131. The molecule has 0 fully saturated rings. The van der Waals surface area contributed by atoms with Crippen LogP contribution in [0.1, 0.15) is 6.42 Å². The van der Waals surface area contributed by atoms with Gasteiger partial charge in [0.15, 0.2) is 0 Å². The number of likely N-dealkylation sites (N-methyl/N-ethyl adjacent to an activating group) is 1. The highest BCUT2D eigenvalue weighted by Gasteiger charge is 2.16. The van der Waals surface area contributed by atoms with Gasteiger partial charge in [0.1, 0.15) is 12.4 Å². The minimum atomic E-state index is -0.518. The van der Waals surface area contributed by atoms with Gasteiger partial charge in [-0.05, 0) is 30.7 Å². The number of hydrogen-bond acceptors (Lipinski definition) is 3. The summed E-state index contributed by atoms with van der Waals surface area (Å²) in [5, 5.41) is 0. The second-order valence-electron chi connectivity index (χ2n) is 4.19. The fourth-order valence-corrected chi connectivity index (χ4v) is 1.77. The van der Waals surface area contributed by atoms with Crippen LogP contribution >= 0.6 is 15.9 Å². The molecule has 1 amide bonds. The predicted octanol–water partition coefficient (Wildman–Crippen LogP) is 2.19. The summed E-state index contributed by atoms with van der Waals surface area (Å²) >= 11 is 3.36. The third kappa shape index (κ3) is 5.44. The van der Waals surface area contributed by atoms with Crippen LogP contribution in [0.3, 0.4) is 0 Å². The fourth-order valence-electron chi connectivity index (χ4n) is 1.50. The zero-order valence-corrected chi connectivity index (χ0v) is 12.6. The first-order valence-corrected chi connectivity index (χ1v) is 6.83. The number of amides is 1. The topological polar surface area (TPSA) is 55.6 Å². The van der Waals surface area contributed by atoms with E-state index >= 15 is 0 Å². The molecule has 0 saturated carbocycles. The van der Waals surface area contributed by atoms with E-state index in [0.717, 1.165) is 10.2 Å². The molecule has 2 N–H and O–H groups in total. The number of hydrogen-bond donors (Lipinski definition) is 1. The van der Waals surface area contributed by atoms with Crippen LogP contribution in [0.25, 0.3) is 0 Å². The van der Waals surface area contributed by atoms with Crippen LogP contribution in [-0.4, -0.2) is 37.0 Å². The van der Waals surface area contributed by atoms with Crippen molar-refractivity contribution in [3.05, 3.63) is 41.4 Å². The predicted molar refractivity (Wildman–Crippen MR) is 80.1 cm³/mol. The van der Waals surface area contributed by atoms with Gasteiger partial charge in [-0.1, -0.05) is 22.0 Å². The van der Waals surface area contributed by atoms with Crippen molar-refractivity contribution in [3.63, 3.8) is 0 Å². The molecular weight excluding hydrogens is 308 g/mol. The number of halogens is 1. The molecule has 1 aromatic carbocycles. The number of carbonyl (C=O) groups is 1. The number of ether oxygens (including phenoxy) is 1. The molecule has 1 atom stereocenters. The van der Waals surface area contributed by atoms with E-state index in [1.54, 1.807) is 18.0 Å². The summed E-state index contributed by atoms with van der Waals surface area (Å²) in [5.74, 6) is 0.679. The van der Waals surface area contributed by atoms with Gasteiger partial charge in [-0.3, -0.25) is 4.79 Å². The zero-order chi connectivity index (χ0) is 14.3. The van der Waals surface area contributed by atoms with E-state index in [2.05, 4.69) is 22.5 Å². The van der Waals surface area contributed by atoms with Crippen molar-refractivity contribution in [1.29, 1.82) is 0 Å². The van der Waals surface area contributed by atoms with Crippen molar-refractivity contribution in [2.24, 2.45) is 5.73 Å². The highest BCUT2D eigenvalue weighted by Crippen LogP contribution is 2.15. The molecule has 4 nitrogen and oxygen atoms in total. The molecule has 0 aliphatic heterocycles. The maximum atomic E-state index is 11.8. The quantitative estimate of drug-likeness (QED) is 0.781. The van der Waals surface area contributed by atoms with Crippen LogP contribution in [0, 0.1) is 0 Å². The lowest BCUT2D eigenvalue weighted by atomic mass is 10.2. The summed E-state index contributed by atoms with van der Waals surface area (Å²) in [5.41, 5.74) is 5.72. The molecular formula is C14H19BrN2O2. The Morgan fingerprint density at radius 3 is 2.74 bits per heavy atom. The van der Waals surface area contributed by atoms with Crippen LogP contribution < -0.4 is 10.5 Å². The Labute approximate surface area is 122 Å². The molecule has 1 unspecified atom stereocenters. The number of nitrogens with two attached hydrogens (primary N) is 1. The third-order valence-corrected chi connectivity index (χ3v) is 3.15. The maximum Gasteiger partial charge on any atom is 0.239 e. The highest BCUT2D eigenvalue weighted by atomic mass is 79.9. The van der Waals surface area contributed by atoms with Crippen molar-refractivity contribution in [2.45, 2.75) is 12.5 Å². The van der Waals surface area contributed by atoms with Crippen molar-refractivity contribution < 1.29 is 9.53 Å². The first-order valence-electron chi connectivity index (χ1n) is 6.04. The Kier molecular flexibility index (Phi) is 6.59. The van der Waals surface area contributed by atoms with Gasteiger partial charge < -0.3 is 15.4 Å². The minimum Gasteiger partial charge on any atom is -0.492 e. The maximum absolute atomic E-state index is 11.8. The molecule has 0 radical (unpaired) electrons. The molecule has 19 heavy (non-hydrogen) atoms. The van der Waals surface area contributed by atoms with Gasteiger partial charge in [0.05, 0.1) is 12.6 Å². The normalized spacial score (nSPS) is 11.7. The Balaban J connectivity index is 2.34. The van der Waals surface area contributed by atoms with Gasteiger partial charge in [0, 0.05) is 11.5 Å². The standard InChI is InChI=1S/C14H19BrN2O2/c1-3-4-13(16)14(18)17(2)9-10-19-12-7-5-11(15)6-8-12/h3,5-8,13H,1,4,9-10,16H2,2H3. The van der Waals surface area contributed by atoms with Gasteiger partial charge in [0.2, 0.25) is 5.91 Å². The van der Waals surface area contributed by atoms with Gasteiger partial charge in [-0.25, -0.2) is 0 Å². The average molecular weight is 327 g/mol. The summed E-state index contributed by atoms with van der Waals surface area (Å²) in [4.78, 5) is 13.4. The molecule has 0 aliphatic carbocycles. The average Bonchev–Trinajstić information content (AvgIpc) is 2.40. The van der Waals surface area contributed by atoms with Crippen molar-refractivity contribution in [2.75, 3.05) is 20.2 Å². The Morgan fingerprint density at radius 2 is 2.16 bits per heavy atom. The van der Waals surface area contributed by atoms with Gasteiger partial charge >= 0.3 is 0 Å². The Bertz CT molecular complexity index is 420. The molecule has 0 aliphatic rings. The van der Waals surface area contributed by atoms with E-state index in [-0.39, 0.29) is 5.91 Å². The smallest absolute Gasteiger partial charge is 0.239 e. The van der Waals surface area contributed by atoms with Gasteiger partial charge in [-0.2, -0.15) is 0 Å². The van der Waals surface area contributed by atoms with Crippen molar-refractivity contribution >= 4 is 21.8 Å². The van der Waals surface area contributed by atoms with Gasteiger partial charge in [-0.15, -0.1) is 6.58 Å². The van der Waals surface area contributed by atoms with E-state index in [4.69, 9.17) is 10.5 Å². The van der Waals surface area contributed by atoms with E-state index in [1.165, 1.54) is 0 Å². The molecule has 0 aromatic heterocycles. The number of rotatable bonds is 7. The second kappa shape index (κ2) is 7.96. The lowest BCUT2D eigenvalue weighted by Crippen LogP contribution is -2.42. The summed E-state index contributed by atoms with van der Waals surface area (Å²) in [6.07, 6.45) is 2.13. The van der Waals surface area contributed by atoms with Gasteiger partial charge in [0.25, 0.3) is 0 Å². The Hall–Kier alpha value is -1.33. The monoisotopic (exact) mass is 326 g/mol. The molecule has 1 aromatic rings.